The summed E-state index contributed by atoms with van der Waals surface area (Å²) in [7, 11) is 0. The number of anilines is 1. The van der Waals surface area contributed by atoms with E-state index in [1.165, 1.54) is 6.20 Å². The van der Waals surface area contributed by atoms with Crippen LogP contribution < -0.4 is 11.2 Å². The van der Waals surface area contributed by atoms with E-state index < -0.39 is 5.91 Å². The molecule has 0 spiro atoms. The van der Waals surface area contributed by atoms with Gasteiger partial charge in [0, 0.05) is 18.8 Å². The molecular formula is C9H10ClN5O. The van der Waals surface area contributed by atoms with Crippen molar-refractivity contribution < 1.29 is 4.79 Å². The number of nitrogens with one attached hydrogen (secondary N) is 1. The van der Waals surface area contributed by atoms with E-state index in [0.29, 0.717) is 6.42 Å². The zero-order chi connectivity index (χ0) is 12.0. The van der Waals surface area contributed by atoms with Crippen LogP contribution in [0.3, 0.4) is 0 Å². The number of amides is 1. The highest BCUT2D eigenvalue weighted by atomic mass is 35.5. The highest BCUT2D eigenvalue weighted by Gasteiger charge is 2.10. The lowest BCUT2D eigenvalue weighted by molar-refractivity contribution is 0.100. The Morgan fingerprint density at radius 1 is 1.75 bits per heavy atom. The number of nitrogens with two attached hydrogens (primary N) is 1. The van der Waals surface area contributed by atoms with Crippen molar-refractivity contribution >= 4 is 29.5 Å². The molecule has 7 heteroatoms. The van der Waals surface area contributed by atoms with Gasteiger partial charge in [-0.25, -0.2) is 4.98 Å². The monoisotopic (exact) mass is 239 g/mol. The van der Waals surface area contributed by atoms with E-state index in [4.69, 9.17) is 17.3 Å². The van der Waals surface area contributed by atoms with Crippen LogP contribution in [0.15, 0.2) is 24.0 Å². The van der Waals surface area contributed by atoms with Crippen LogP contribution in [0, 0.1) is 0 Å². The van der Waals surface area contributed by atoms with Gasteiger partial charge in [0.2, 0.25) is 5.28 Å². The molecule has 3 N–H and O–H groups in total. The van der Waals surface area contributed by atoms with Crippen molar-refractivity contribution in [3.63, 3.8) is 0 Å². The largest absolute Gasteiger partial charge is 0.365 e. The molecule has 1 aromatic heterocycles. The minimum atomic E-state index is -0.655. The molecule has 1 heterocycles. The fraction of sp³-hybridized carbons (Fsp3) is 0.111. The first-order valence-electron chi connectivity index (χ1n) is 4.36. The van der Waals surface area contributed by atoms with Gasteiger partial charge in [-0.05, 0) is 11.6 Å². The Hall–Kier alpha value is -1.95. The van der Waals surface area contributed by atoms with Crippen molar-refractivity contribution in [2.24, 2.45) is 10.8 Å². The minimum Gasteiger partial charge on any atom is -0.365 e. The number of aromatic nitrogens is 2. The average molecular weight is 240 g/mol. The second-order valence-electron chi connectivity index (χ2n) is 2.71. The van der Waals surface area contributed by atoms with E-state index in [1.54, 1.807) is 12.3 Å². The first kappa shape index (κ1) is 12.1. The Labute approximate surface area is 97.2 Å². The molecule has 1 aromatic rings. The highest BCUT2D eigenvalue weighted by molar-refractivity contribution is 6.28. The van der Waals surface area contributed by atoms with Crippen molar-refractivity contribution in [3.05, 3.63) is 29.7 Å². The summed E-state index contributed by atoms with van der Waals surface area (Å²) >= 11 is 5.58. The summed E-state index contributed by atoms with van der Waals surface area (Å²) in [6.45, 7) is 3.53. The summed E-state index contributed by atoms with van der Waals surface area (Å²) < 4.78 is 0. The Morgan fingerprint density at radius 2 is 2.50 bits per heavy atom. The van der Waals surface area contributed by atoms with Crippen LogP contribution in [0.5, 0.6) is 0 Å². The summed E-state index contributed by atoms with van der Waals surface area (Å²) in [6, 6.07) is 0. The third kappa shape index (κ3) is 3.32. The van der Waals surface area contributed by atoms with Gasteiger partial charge < -0.3 is 5.73 Å². The van der Waals surface area contributed by atoms with Crippen LogP contribution in [0.1, 0.15) is 16.8 Å². The number of hydrazone groups is 1. The third-order valence-corrected chi connectivity index (χ3v) is 1.74. The van der Waals surface area contributed by atoms with Gasteiger partial charge in [0.05, 0.1) is 0 Å². The molecule has 0 aliphatic carbocycles. The number of carbonyl (C=O) groups excluding carboxylic acids is 1. The summed E-state index contributed by atoms with van der Waals surface area (Å²) in [5.74, 6) is -0.481. The molecule has 0 radical (unpaired) electrons. The molecule has 6 nitrogen and oxygen atoms in total. The lowest BCUT2D eigenvalue weighted by Crippen LogP contribution is -2.14. The van der Waals surface area contributed by atoms with Crippen LogP contribution >= 0.6 is 11.6 Å². The number of halogens is 1. The summed E-state index contributed by atoms with van der Waals surface area (Å²) in [4.78, 5) is 18.5. The molecule has 0 unspecified atom stereocenters. The predicted molar refractivity (Wildman–Crippen MR) is 62.5 cm³/mol. The van der Waals surface area contributed by atoms with Crippen molar-refractivity contribution in [1.82, 2.24) is 9.97 Å². The fourth-order valence-electron chi connectivity index (χ4n) is 0.860. The third-order valence-electron chi connectivity index (χ3n) is 1.56. The fourth-order valence-corrected chi connectivity index (χ4v) is 0.993. The number of primary amides is 1. The Balaban J connectivity index is 2.88. The normalized spacial score (nSPS) is 10.3. The zero-order valence-corrected chi connectivity index (χ0v) is 9.11. The van der Waals surface area contributed by atoms with E-state index in [1.807, 2.05) is 0 Å². The Morgan fingerprint density at radius 3 is 3.12 bits per heavy atom. The smallest absolute Gasteiger partial charge is 0.254 e. The SMILES string of the molecule is C=CC/C=N/Nc1nc(Cl)ncc1C(N)=O. The number of hydrogen-bond acceptors (Lipinski definition) is 5. The molecule has 0 fully saturated rings. The number of nitrogens with zero attached hydrogens (tertiary/aromatic N) is 3. The van der Waals surface area contributed by atoms with Crippen molar-refractivity contribution in [2.45, 2.75) is 6.42 Å². The second kappa shape index (κ2) is 5.82. The molecule has 0 aromatic carbocycles. The van der Waals surface area contributed by atoms with Crippen molar-refractivity contribution in [2.75, 3.05) is 5.43 Å². The molecule has 0 aliphatic rings. The highest BCUT2D eigenvalue weighted by Crippen LogP contribution is 2.13. The molecule has 0 saturated carbocycles. The number of hydrogen-bond donors (Lipinski definition) is 2. The standard InChI is InChI=1S/C9H10ClN5O/c1-2-3-4-13-15-8-6(7(11)16)5-12-9(10)14-8/h2,4-5H,1,3H2,(H2,11,16)(H,12,14,15)/b13-4+. The van der Waals surface area contributed by atoms with Gasteiger partial charge in [0.15, 0.2) is 5.82 Å². The maximum absolute atomic E-state index is 11.0. The number of rotatable bonds is 5. The van der Waals surface area contributed by atoms with Crippen LogP contribution in [0.2, 0.25) is 5.28 Å². The van der Waals surface area contributed by atoms with Crippen molar-refractivity contribution in [3.8, 4) is 0 Å². The van der Waals surface area contributed by atoms with Gasteiger partial charge >= 0.3 is 0 Å². The molecular weight excluding hydrogens is 230 g/mol. The average Bonchev–Trinajstić information content (AvgIpc) is 2.24. The van der Waals surface area contributed by atoms with Crippen LogP contribution in [-0.2, 0) is 0 Å². The summed E-state index contributed by atoms with van der Waals surface area (Å²) in [5, 5.41) is 3.82. The van der Waals surface area contributed by atoms with E-state index in [9.17, 15) is 4.79 Å². The van der Waals surface area contributed by atoms with Crippen molar-refractivity contribution in [1.29, 1.82) is 0 Å². The lowest BCUT2D eigenvalue weighted by Gasteiger charge is -2.03. The van der Waals surface area contributed by atoms with Crippen LogP contribution in [0.4, 0.5) is 5.82 Å². The molecule has 0 atom stereocenters. The topological polar surface area (TPSA) is 93.3 Å². The first-order valence-corrected chi connectivity index (χ1v) is 4.73. The van der Waals surface area contributed by atoms with E-state index in [-0.39, 0.29) is 16.7 Å². The van der Waals surface area contributed by atoms with Crippen LogP contribution in [0.25, 0.3) is 0 Å². The van der Waals surface area contributed by atoms with Gasteiger partial charge in [-0.3, -0.25) is 10.2 Å². The summed E-state index contributed by atoms with van der Waals surface area (Å²) in [5.41, 5.74) is 7.81. The van der Waals surface area contributed by atoms with Gasteiger partial charge in [-0.2, -0.15) is 10.1 Å². The Bertz CT molecular complexity index is 432. The quantitative estimate of drug-likeness (QED) is 0.349. The van der Waals surface area contributed by atoms with Gasteiger partial charge in [-0.1, -0.05) is 6.08 Å². The number of carbonyl (C=O) groups is 1. The Kier molecular flexibility index (Phi) is 4.41. The number of allylic oxidation sites excluding steroid dienone is 1. The summed E-state index contributed by atoms with van der Waals surface area (Å²) in [6.07, 6.45) is 5.07. The lowest BCUT2D eigenvalue weighted by atomic mass is 10.3. The zero-order valence-electron chi connectivity index (χ0n) is 8.35. The van der Waals surface area contributed by atoms with Gasteiger partial charge in [-0.15, -0.1) is 6.58 Å². The molecule has 1 rings (SSSR count). The predicted octanol–water partition coefficient (Wildman–Crippen LogP) is 1.20. The first-order chi connectivity index (χ1) is 7.65. The maximum Gasteiger partial charge on any atom is 0.254 e. The van der Waals surface area contributed by atoms with Crippen LogP contribution in [-0.4, -0.2) is 22.1 Å². The molecule has 1 amide bonds. The van der Waals surface area contributed by atoms with E-state index >= 15 is 0 Å². The van der Waals surface area contributed by atoms with E-state index in [0.717, 1.165) is 0 Å². The second-order valence-corrected chi connectivity index (χ2v) is 3.05. The van der Waals surface area contributed by atoms with Gasteiger partial charge in [0.1, 0.15) is 5.56 Å². The maximum atomic E-state index is 11.0. The molecule has 0 bridgehead atoms. The minimum absolute atomic E-state index is 0.00595. The van der Waals surface area contributed by atoms with E-state index in [2.05, 4.69) is 27.1 Å². The molecule has 84 valence electrons. The molecule has 0 saturated heterocycles. The molecule has 16 heavy (non-hydrogen) atoms. The molecule has 0 aliphatic heterocycles. The van der Waals surface area contributed by atoms with Gasteiger partial charge in [0.25, 0.3) is 5.91 Å².